The molecule has 1 saturated carbocycles. The number of aromatic amines is 1. The van der Waals surface area contributed by atoms with Crippen LogP contribution in [0.25, 0.3) is 0 Å². The minimum Gasteiger partial charge on any atom is -0.348 e. The zero-order valence-corrected chi connectivity index (χ0v) is 12.0. The van der Waals surface area contributed by atoms with Crippen LogP contribution in [0.15, 0.2) is 16.9 Å². The van der Waals surface area contributed by atoms with Crippen LogP contribution in [0.1, 0.15) is 36.2 Å². The van der Waals surface area contributed by atoms with Crippen LogP contribution in [0.4, 0.5) is 0 Å². The third-order valence-electron chi connectivity index (χ3n) is 4.30. The SMILES string of the molecule is CN(C(=O)c1ccc(=O)[nH]n1)C1CCC2(CC1)OCCO2. The molecule has 0 bridgehead atoms. The monoisotopic (exact) mass is 293 g/mol. The molecule has 1 aromatic heterocycles. The van der Waals surface area contributed by atoms with Gasteiger partial charge in [0.25, 0.3) is 11.5 Å². The summed E-state index contributed by atoms with van der Waals surface area (Å²) in [5.41, 5.74) is -0.0601. The standard InChI is InChI=1S/C14H19N3O4/c1-17(13(19)11-2-3-12(18)16-15-11)10-4-6-14(7-5-10)20-8-9-21-14/h2-3,10H,4-9H2,1H3,(H,16,18). The summed E-state index contributed by atoms with van der Waals surface area (Å²) in [7, 11) is 1.77. The summed E-state index contributed by atoms with van der Waals surface area (Å²) in [5.74, 6) is -0.600. The molecule has 2 fully saturated rings. The number of ether oxygens (including phenoxy) is 2. The van der Waals surface area contributed by atoms with Crippen molar-refractivity contribution in [1.29, 1.82) is 0 Å². The average molecular weight is 293 g/mol. The van der Waals surface area contributed by atoms with E-state index in [0.29, 0.717) is 13.2 Å². The molecule has 1 aliphatic carbocycles. The topological polar surface area (TPSA) is 84.5 Å². The molecular formula is C14H19N3O4. The summed E-state index contributed by atoms with van der Waals surface area (Å²) in [6, 6.07) is 2.90. The average Bonchev–Trinajstić information content (AvgIpc) is 2.96. The van der Waals surface area contributed by atoms with Gasteiger partial charge in [0.2, 0.25) is 0 Å². The van der Waals surface area contributed by atoms with Crippen molar-refractivity contribution < 1.29 is 14.3 Å². The highest BCUT2D eigenvalue weighted by molar-refractivity contribution is 5.92. The predicted molar refractivity (Wildman–Crippen MR) is 73.8 cm³/mol. The number of rotatable bonds is 2. The maximum absolute atomic E-state index is 12.3. The quantitative estimate of drug-likeness (QED) is 0.859. The van der Waals surface area contributed by atoms with E-state index in [1.165, 1.54) is 12.1 Å². The fourth-order valence-corrected chi connectivity index (χ4v) is 3.03. The van der Waals surface area contributed by atoms with Crippen molar-refractivity contribution in [3.05, 3.63) is 28.2 Å². The molecule has 7 heteroatoms. The Morgan fingerprint density at radius 2 is 2.00 bits per heavy atom. The molecule has 1 amide bonds. The van der Waals surface area contributed by atoms with Gasteiger partial charge in [-0.3, -0.25) is 9.59 Å². The molecular weight excluding hydrogens is 274 g/mol. The molecule has 114 valence electrons. The Kier molecular flexibility index (Phi) is 3.77. The number of nitrogens with zero attached hydrogens (tertiary/aromatic N) is 2. The first-order chi connectivity index (χ1) is 10.1. The first-order valence-corrected chi connectivity index (χ1v) is 7.20. The summed E-state index contributed by atoms with van der Waals surface area (Å²) in [5, 5.41) is 6.07. The van der Waals surface area contributed by atoms with E-state index in [1.54, 1.807) is 11.9 Å². The second kappa shape index (κ2) is 5.57. The number of aromatic nitrogens is 2. The molecule has 2 aliphatic rings. The molecule has 1 aliphatic heterocycles. The van der Waals surface area contributed by atoms with E-state index in [2.05, 4.69) is 10.2 Å². The summed E-state index contributed by atoms with van der Waals surface area (Å²) < 4.78 is 11.4. The lowest BCUT2D eigenvalue weighted by Gasteiger charge is -2.38. The normalized spacial score (nSPS) is 21.6. The Hall–Kier alpha value is -1.73. The van der Waals surface area contributed by atoms with Gasteiger partial charge >= 0.3 is 0 Å². The number of hydrogen-bond donors (Lipinski definition) is 1. The molecule has 0 radical (unpaired) electrons. The fourth-order valence-electron chi connectivity index (χ4n) is 3.03. The number of H-pyrrole nitrogens is 1. The third-order valence-corrected chi connectivity index (χ3v) is 4.30. The predicted octanol–water partition coefficient (Wildman–Crippen LogP) is 0.528. The number of carbonyl (C=O) groups is 1. The largest absolute Gasteiger partial charge is 0.348 e. The fraction of sp³-hybridized carbons (Fsp3) is 0.643. The van der Waals surface area contributed by atoms with Crippen LogP contribution in [0.5, 0.6) is 0 Å². The molecule has 7 nitrogen and oxygen atoms in total. The Bertz CT molecular complexity index is 549. The number of carbonyl (C=O) groups excluding carboxylic acids is 1. The third kappa shape index (κ3) is 2.84. The highest BCUT2D eigenvalue weighted by atomic mass is 16.7. The molecule has 3 rings (SSSR count). The number of hydrogen-bond acceptors (Lipinski definition) is 5. The van der Waals surface area contributed by atoms with E-state index in [4.69, 9.17) is 9.47 Å². The van der Waals surface area contributed by atoms with Gasteiger partial charge < -0.3 is 14.4 Å². The maximum Gasteiger partial charge on any atom is 0.274 e. The molecule has 21 heavy (non-hydrogen) atoms. The number of nitrogens with one attached hydrogen (secondary N) is 1. The minimum atomic E-state index is -0.420. The molecule has 0 atom stereocenters. The van der Waals surface area contributed by atoms with Gasteiger partial charge in [0, 0.05) is 32.0 Å². The van der Waals surface area contributed by atoms with Crippen LogP contribution >= 0.6 is 0 Å². The zero-order valence-electron chi connectivity index (χ0n) is 12.0. The lowest BCUT2D eigenvalue weighted by atomic mass is 9.89. The first-order valence-electron chi connectivity index (χ1n) is 7.20. The van der Waals surface area contributed by atoms with Crippen molar-refractivity contribution in [3.63, 3.8) is 0 Å². The van der Waals surface area contributed by atoms with Gasteiger partial charge in [0.05, 0.1) is 13.2 Å². The molecule has 0 unspecified atom stereocenters. The minimum absolute atomic E-state index is 0.143. The van der Waals surface area contributed by atoms with Gasteiger partial charge in [-0.25, -0.2) is 5.10 Å². The summed E-state index contributed by atoms with van der Waals surface area (Å²) in [4.78, 5) is 25.0. The molecule has 0 aromatic carbocycles. The van der Waals surface area contributed by atoms with E-state index in [0.717, 1.165) is 25.7 Å². The summed E-state index contributed by atoms with van der Waals surface area (Å²) in [6.45, 7) is 1.31. The van der Waals surface area contributed by atoms with Crippen LogP contribution in [0.3, 0.4) is 0 Å². The van der Waals surface area contributed by atoms with Crippen LogP contribution in [0.2, 0.25) is 0 Å². The Labute approximate surface area is 122 Å². The van der Waals surface area contributed by atoms with Crippen molar-refractivity contribution >= 4 is 5.91 Å². The molecule has 1 aromatic rings. The molecule has 1 spiro atoms. The van der Waals surface area contributed by atoms with E-state index >= 15 is 0 Å². The smallest absolute Gasteiger partial charge is 0.274 e. The van der Waals surface area contributed by atoms with Gasteiger partial charge in [0.15, 0.2) is 5.79 Å². The summed E-state index contributed by atoms with van der Waals surface area (Å²) >= 11 is 0. The van der Waals surface area contributed by atoms with Crippen LogP contribution < -0.4 is 5.56 Å². The van der Waals surface area contributed by atoms with E-state index in [1.807, 2.05) is 0 Å². The zero-order chi connectivity index (χ0) is 14.9. The summed E-state index contributed by atoms with van der Waals surface area (Å²) in [6.07, 6.45) is 3.28. The van der Waals surface area contributed by atoms with Gasteiger partial charge in [-0.15, -0.1) is 0 Å². The lowest BCUT2D eigenvalue weighted by molar-refractivity contribution is -0.182. The molecule has 1 N–H and O–H groups in total. The van der Waals surface area contributed by atoms with Gasteiger partial charge in [-0.05, 0) is 18.9 Å². The van der Waals surface area contributed by atoms with Crippen LogP contribution in [-0.4, -0.2) is 53.1 Å². The van der Waals surface area contributed by atoms with E-state index in [9.17, 15) is 9.59 Å². The van der Waals surface area contributed by atoms with Crippen molar-refractivity contribution in [2.75, 3.05) is 20.3 Å². The van der Waals surface area contributed by atoms with Crippen molar-refractivity contribution in [3.8, 4) is 0 Å². The van der Waals surface area contributed by atoms with E-state index < -0.39 is 5.79 Å². The molecule has 1 saturated heterocycles. The van der Waals surface area contributed by atoms with Crippen LogP contribution in [-0.2, 0) is 9.47 Å². The van der Waals surface area contributed by atoms with Gasteiger partial charge in [-0.2, -0.15) is 5.10 Å². The van der Waals surface area contributed by atoms with Crippen LogP contribution in [0, 0.1) is 0 Å². The maximum atomic E-state index is 12.3. The highest BCUT2D eigenvalue weighted by Gasteiger charge is 2.41. The lowest BCUT2D eigenvalue weighted by Crippen LogP contribution is -2.45. The highest BCUT2D eigenvalue weighted by Crippen LogP contribution is 2.37. The first kappa shape index (κ1) is 14.2. The second-order valence-electron chi connectivity index (χ2n) is 5.56. The Morgan fingerprint density at radius 3 is 2.57 bits per heavy atom. The van der Waals surface area contributed by atoms with Gasteiger partial charge in [0.1, 0.15) is 5.69 Å². The number of amides is 1. The second-order valence-corrected chi connectivity index (χ2v) is 5.56. The van der Waals surface area contributed by atoms with Crippen molar-refractivity contribution in [2.24, 2.45) is 0 Å². The van der Waals surface area contributed by atoms with Crippen molar-refractivity contribution in [1.82, 2.24) is 15.1 Å². The Morgan fingerprint density at radius 1 is 1.33 bits per heavy atom. The Balaban J connectivity index is 1.63. The van der Waals surface area contributed by atoms with Crippen molar-refractivity contribution in [2.45, 2.75) is 37.5 Å². The van der Waals surface area contributed by atoms with Gasteiger partial charge in [-0.1, -0.05) is 0 Å². The molecule has 2 heterocycles. The van der Waals surface area contributed by atoms with E-state index in [-0.39, 0.29) is 23.2 Å².